The summed E-state index contributed by atoms with van der Waals surface area (Å²) in [6.45, 7) is 11.9. The van der Waals surface area contributed by atoms with Crippen LogP contribution in [0.4, 0.5) is 0 Å². The fourth-order valence-corrected chi connectivity index (χ4v) is 2.19. The van der Waals surface area contributed by atoms with Crippen LogP contribution in [-0.2, 0) is 0 Å². The van der Waals surface area contributed by atoms with Crippen LogP contribution in [0.25, 0.3) is 0 Å². The maximum atomic E-state index is 7.39. The van der Waals surface area contributed by atoms with E-state index < -0.39 is 0 Å². The molecule has 0 saturated carbocycles. The number of nitrogens with two attached hydrogens (primary N) is 1. The van der Waals surface area contributed by atoms with Gasteiger partial charge in [0.2, 0.25) is 0 Å². The normalized spacial score (nSPS) is 26.5. The molecule has 0 aromatic heterocycles. The molecule has 2 unspecified atom stereocenters. The summed E-state index contributed by atoms with van der Waals surface area (Å²) in [5, 5.41) is 7.39. The van der Waals surface area contributed by atoms with E-state index in [9.17, 15) is 0 Å². The molecule has 0 bridgehead atoms. The Morgan fingerprint density at radius 3 is 2.67 bits per heavy atom. The second-order valence-corrected chi connectivity index (χ2v) is 4.59. The van der Waals surface area contributed by atoms with E-state index in [0.29, 0.717) is 11.9 Å². The standard InChI is InChI=1S/C11H24N4/c1-4-15-6-5-14(8-10(15)3)7-9(2)11(12)13/h9-10H,4-8H2,1-3H3,(H3,12,13). The topological polar surface area (TPSA) is 56.4 Å². The molecular weight excluding hydrogens is 188 g/mol. The molecule has 4 heteroatoms. The van der Waals surface area contributed by atoms with Crippen molar-refractivity contribution in [1.29, 1.82) is 5.41 Å². The predicted octanol–water partition coefficient (Wildman–Crippen LogP) is 0.584. The van der Waals surface area contributed by atoms with Crippen molar-refractivity contribution in [3.05, 3.63) is 0 Å². The van der Waals surface area contributed by atoms with Gasteiger partial charge in [-0.2, -0.15) is 0 Å². The molecular formula is C11H24N4. The Morgan fingerprint density at radius 1 is 1.53 bits per heavy atom. The van der Waals surface area contributed by atoms with Crippen molar-refractivity contribution in [2.45, 2.75) is 26.8 Å². The van der Waals surface area contributed by atoms with Gasteiger partial charge < -0.3 is 5.73 Å². The van der Waals surface area contributed by atoms with E-state index in [0.717, 1.165) is 32.7 Å². The molecule has 0 aromatic carbocycles. The van der Waals surface area contributed by atoms with Gasteiger partial charge in [0.15, 0.2) is 0 Å². The van der Waals surface area contributed by atoms with E-state index >= 15 is 0 Å². The highest BCUT2D eigenvalue weighted by molar-refractivity contribution is 5.79. The lowest BCUT2D eigenvalue weighted by atomic mass is 10.1. The Morgan fingerprint density at radius 2 is 2.20 bits per heavy atom. The molecule has 4 nitrogen and oxygen atoms in total. The first-order chi connectivity index (χ1) is 7.04. The molecule has 0 radical (unpaired) electrons. The van der Waals surface area contributed by atoms with E-state index in [-0.39, 0.29) is 5.92 Å². The van der Waals surface area contributed by atoms with Gasteiger partial charge in [-0.25, -0.2) is 0 Å². The van der Waals surface area contributed by atoms with Gasteiger partial charge in [-0.3, -0.25) is 15.2 Å². The summed E-state index contributed by atoms with van der Waals surface area (Å²) >= 11 is 0. The monoisotopic (exact) mass is 212 g/mol. The third kappa shape index (κ3) is 3.47. The van der Waals surface area contributed by atoms with Crippen molar-refractivity contribution in [3.63, 3.8) is 0 Å². The molecule has 1 fully saturated rings. The molecule has 1 aliphatic rings. The Kier molecular flexibility index (Phi) is 4.54. The maximum Gasteiger partial charge on any atom is 0.0947 e. The van der Waals surface area contributed by atoms with Crippen LogP contribution < -0.4 is 5.73 Å². The summed E-state index contributed by atoms with van der Waals surface area (Å²) in [6.07, 6.45) is 0. The second-order valence-electron chi connectivity index (χ2n) is 4.59. The number of hydrogen-bond donors (Lipinski definition) is 2. The van der Waals surface area contributed by atoms with E-state index in [2.05, 4.69) is 23.6 Å². The van der Waals surface area contributed by atoms with Gasteiger partial charge in [0.05, 0.1) is 5.84 Å². The lowest BCUT2D eigenvalue weighted by Gasteiger charge is -2.40. The molecule has 2 atom stereocenters. The minimum Gasteiger partial charge on any atom is -0.387 e. The van der Waals surface area contributed by atoms with Gasteiger partial charge in [0, 0.05) is 38.1 Å². The Bertz CT molecular complexity index is 217. The smallest absolute Gasteiger partial charge is 0.0947 e. The number of likely N-dealkylation sites (N-methyl/N-ethyl adjacent to an activating group) is 1. The number of amidine groups is 1. The second kappa shape index (κ2) is 5.47. The van der Waals surface area contributed by atoms with E-state index in [4.69, 9.17) is 11.1 Å². The van der Waals surface area contributed by atoms with Crippen LogP contribution in [0, 0.1) is 11.3 Å². The molecule has 0 aromatic rings. The van der Waals surface area contributed by atoms with Gasteiger partial charge in [-0.1, -0.05) is 13.8 Å². The number of nitrogens with one attached hydrogen (secondary N) is 1. The molecule has 15 heavy (non-hydrogen) atoms. The number of hydrogen-bond acceptors (Lipinski definition) is 3. The van der Waals surface area contributed by atoms with Gasteiger partial charge >= 0.3 is 0 Å². The summed E-state index contributed by atoms with van der Waals surface area (Å²) in [5.74, 6) is 0.492. The summed E-state index contributed by atoms with van der Waals surface area (Å²) in [5.41, 5.74) is 5.49. The van der Waals surface area contributed by atoms with Crippen molar-refractivity contribution in [2.75, 3.05) is 32.7 Å². The molecule has 1 aliphatic heterocycles. The van der Waals surface area contributed by atoms with Crippen LogP contribution in [0.1, 0.15) is 20.8 Å². The Labute approximate surface area is 92.9 Å². The number of rotatable bonds is 4. The zero-order chi connectivity index (χ0) is 11.4. The fraction of sp³-hybridized carbons (Fsp3) is 0.909. The van der Waals surface area contributed by atoms with Gasteiger partial charge in [0.1, 0.15) is 0 Å². The highest BCUT2D eigenvalue weighted by Crippen LogP contribution is 2.10. The van der Waals surface area contributed by atoms with Crippen molar-refractivity contribution in [2.24, 2.45) is 11.7 Å². The molecule has 3 N–H and O–H groups in total. The van der Waals surface area contributed by atoms with Crippen LogP contribution in [-0.4, -0.2) is 54.4 Å². The molecule has 1 saturated heterocycles. The fourth-order valence-electron chi connectivity index (χ4n) is 2.19. The van der Waals surface area contributed by atoms with Crippen LogP contribution in [0.5, 0.6) is 0 Å². The van der Waals surface area contributed by atoms with Gasteiger partial charge in [0.25, 0.3) is 0 Å². The van der Waals surface area contributed by atoms with Crippen LogP contribution >= 0.6 is 0 Å². The third-order valence-electron chi connectivity index (χ3n) is 3.32. The molecule has 0 aliphatic carbocycles. The summed E-state index contributed by atoms with van der Waals surface area (Å²) < 4.78 is 0. The summed E-state index contributed by atoms with van der Waals surface area (Å²) in [7, 11) is 0. The van der Waals surface area contributed by atoms with Crippen molar-refractivity contribution >= 4 is 5.84 Å². The highest BCUT2D eigenvalue weighted by atomic mass is 15.3. The van der Waals surface area contributed by atoms with Crippen LogP contribution in [0.2, 0.25) is 0 Å². The van der Waals surface area contributed by atoms with Crippen LogP contribution in [0.3, 0.4) is 0 Å². The zero-order valence-electron chi connectivity index (χ0n) is 10.2. The van der Waals surface area contributed by atoms with E-state index in [1.54, 1.807) is 0 Å². The molecule has 1 heterocycles. The largest absolute Gasteiger partial charge is 0.387 e. The van der Waals surface area contributed by atoms with Crippen LogP contribution in [0.15, 0.2) is 0 Å². The highest BCUT2D eigenvalue weighted by Gasteiger charge is 2.23. The summed E-state index contributed by atoms with van der Waals surface area (Å²) in [4.78, 5) is 4.91. The quantitative estimate of drug-likeness (QED) is 0.529. The molecule has 1 rings (SSSR count). The molecule has 88 valence electrons. The SMILES string of the molecule is CCN1CCN(CC(C)C(=N)N)CC1C. The molecule has 0 spiro atoms. The van der Waals surface area contributed by atoms with Crippen molar-refractivity contribution in [1.82, 2.24) is 9.80 Å². The van der Waals surface area contributed by atoms with Crippen molar-refractivity contribution in [3.8, 4) is 0 Å². The van der Waals surface area contributed by atoms with E-state index in [1.165, 1.54) is 0 Å². The Balaban J connectivity index is 2.37. The number of nitrogens with zero attached hydrogens (tertiary/aromatic N) is 2. The molecule has 0 amide bonds. The predicted molar refractivity (Wildman–Crippen MR) is 64.2 cm³/mol. The minimum atomic E-state index is 0.186. The van der Waals surface area contributed by atoms with E-state index in [1.807, 2.05) is 6.92 Å². The van der Waals surface area contributed by atoms with Crippen molar-refractivity contribution < 1.29 is 0 Å². The maximum absolute atomic E-state index is 7.39. The first-order valence-corrected chi connectivity index (χ1v) is 5.84. The first kappa shape index (κ1) is 12.5. The lowest BCUT2D eigenvalue weighted by molar-refractivity contribution is 0.0840. The lowest BCUT2D eigenvalue weighted by Crippen LogP contribution is -2.53. The average molecular weight is 212 g/mol. The Hall–Kier alpha value is -0.610. The number of piperazine rings is 1. The average Bonchev–Trinajstić information content (AvgIpc) is 2.18. The van der Waals surface area contributed by atoms with Gasteiger partial charge in [-0.15, -0.1) is 0 Å². The first-order valence-electron chi connectivity index (χ1n) is 5.84. The minimum absolute atomic E-state index is 0.186. The zero-order valence-corrected chi connectivity index (χ0v) is 10.2. The van der Waals surface area contributed by atoms with Gasteiger partial charge in [-0.05, 0) is 13.5 Å². The third-order valence-corrected chi connectivity index (χ3v) is 3.32. The summed E-state index contributed by atoms with van der Waals surface area (Å²) in [6, 6.07) is 0.628.